The number of rotatable bonds is 4. The van der Waals surface area contributed by atoms with Crippen molar-refractivity contribution in [2.75, 3.05) is 0 Å². The number of aliphatic hydroxyl groups excluding tert-OH is 1. The maximum atomic E-state index is 10.0. The first-order valence-corrected chi connectivity index (χ1v) is 6.61. The fourth-order valence-electron chi connectivity index (χ4n) is 1.98. The molecule has 1 N–H and O–H groups in total. The lowest BCUT2D eigenvalue weighted by molar-refractivity contribution is 0.0560. The molecule has 1 rings (SSSR count). The van der Waals surface area contributed by atoms with E-state index in [9.17, 15) is 5.11 Å². The van der Waals surface area contributed by atoms with Crippen LogP contribution in [0.4, 0.5) is 0 Å². The first-order chi connectivity index (χ1) is 7.84. The first-order valence-electron chi connectivity index (χ1n) is 6.61. The summed E-state index contributed by atoms with van der Waals surface area (Å²) in [6, 6.07) is 6.67. The summed E-state index contributed by atoms with van der Waals surface area (Å²) in [5.41, 5.74) is 4.09. The van der Waals surface area contributed by atoms with Gasteiger partial charge in [0.2, 0.25) is 0 Å². The van der Waals surface area contributed by atoms with Crippen molar-refractivity contribution in [3.63, 3.8) is 0 Å². The van der Waals surface area contributed by atoms with Crippen molar-refractivity contribution in [3.05, 3.63) is 34.9 Å². The van der Waals surface area contributed by atoms with Gasteiger partial charge in [-0.25, -0.2) is 0 Å². The Kier molecular flexibility index (Phi) is 4.76. The van der Waals surface area contributed by atoms with Crippen LogP contribution in [-0.2, 0) is 12.8 Å². The molecular weight excluding hydrogens is 208 g/mol. The van der Waals surface area contributed by atoms with Crippen LogP contribution in [0.3, 0.4) is 0 Å². The van der Waals surface area contributed by atoms with Crippen LogP contribution in [0.2, 0.25) is 0 Å². The Bertz CT molecular complexity index is 360. The Morgan fingerprint density at radius 2 is 1.88 bits per heavy atom. The Labute approximate surface area is 106 Å². The molecule has 1 aromatic rings. The third kappa shape index (κ3) is 4.16. The molecule has 17 heavy (non-hydrogen) atoms. The van der Waals surface area contributed by atoms with Gasteiger partial charge in [-0.2, -0.15) is 0 Å². The average molecular weight is 234 g/mol. The van der Waals surface area contributed by atoms with Crippen LogP contribution in [0.5, 0.6) is 0 Å². The quantitative estimate of drug-likeness (QED) is 0.837. The monoisotopic (exact) mass is 234 g/mol. The summed E-state index contributed by atoms with van der Waals surface area (Å²) in [4.78, 5) is 0. The predicted octanol–water partition coefficient (Wildman–Crippen LogP) is 3.90. The highest BCUT2D eigenvalue weighted by molar-refractivity contribution is 5.31. The second-order valence-corrected chi connectivity index (χ2v) is 6.03. The summed E-state index contributed by atoms with van der Waals surface area (Å²) in [7, 11) is 0. The third-order valence-electron chi connectivity index (χ3n) is 3.50. The van der Waals surface area contributed by atoms with Crippen LogP contribution in [0.1, 0.15) is 50.8 Å². The van der Waals surface area contributed by atoms with E-state index in [1.54, 1.807) is 0 Å². The lowest BCUT2D eigenvalue weighted by Crippen LogP contribution is -2.26. The molecule has 0 bridgehead atoms. The second kappa shape index (κ2) is 5.68. The Hall–Kier alpha value is -0.820. The van der Waals surface area contributed by atoms with Crippen LogP contribution in [0.25, 0.3) is 0 Å². The van der Waals surface area contributed by atoms with E-state index in [1.807, 2.05) is 0 Å². The van der Waals surface area contributed by atoms with Crippen molar-refractivity contribution in [3.8, 4) is 0 Å². The summed E-state index contributed by atoms with van der Waals surface area (Å²) in [6.07, 6.45) is 2.67. The molecule has 0 radical (unpaired) electrons. The summed E-state index contributed by atoms with van der Waals surface area (Å²) in [6.45, 7) is 10.6. The minimum atomic E-state index is -0.229. The van der Waals surface area contributed by atoms with Gasteiger partial charge in [-0.1, -0.05) is 45.9 Å². The highest BCUT2D eigenvalue weighted by Crippen LogP contribution is 2.24. The van der Waals surface area contributed by atoms with Crippen molar-refractivity contribution in [2.24, 2.45) is 5.41 Å². The van der Waals surface area contributed by atoms with Crippen LogP contribution in [-0.4, -0.2) is 11.2 Å². The van der Waals surface area contributed by atoms with Crippen molar-refractivity contribution in [1.82, 2.24) is 0 Å². The lowest BCUT2D eigenvalue weighted by atomic mass is 9.85. The van der Waals surface area contributed by atoms with Gasteiger partial charge in [0.15, 0.2) is 0 Å². The molecule has 0 saturated heterocycles. The molecule has 0 spiro atoms. The van der Waals surface area contributed by atoms with E-state index in [1.165, 1.54) is 16.7 Å². The summed E-state index contributed by atoms with van der Waals surface area (Å²) in [5.74, 6) is 0. The number of aliphatic hydroxyl groups is 1. The molecular formula is C16H26O. The molecule has 0 fully saturated rings. The third-order valence-corrected chi connectivity index (χ3v) is 3.50. The Morgan fingerprint density at radius 1 is 1.24 bits per heavy atom. The molecule has 1 atom stereocenters. The predicted molar refractivity (Wildman–Crippen MR) is 74.3 cm³/mol. The largest absolute Gasteiger partial charge is 0.393 e. The molecule has 96 valence electrons. The minimum absolute atomic E-state index is 0.0166. The van der Waals surface area contributed by atoms with Gasteiger partial charge in [0.25, 0.3) is 0 Å². The van der Waals surface area contributed by atoms with E-state index < -0.39 is 0 Å². The van der Waals surface area contributed by atoms with Gasteiger partial charge >= 0.3 is 0 Å². The van der Waals surface area contributed by atoms with Crippen molar-refractivity contribution in [2.45, 2.75) is 60.0 Å². The minimum Gasteiger partial charge on any atom is -0.393 e. The zero-order valence-corrected chi connectivity index (χ0v) is 11.9. The SMILES string of the molecule is CCc1ccc(CCC(O)C(C)(C)C)c(C)c1. The fraction of sp³-hybridized carbons (Fsp3) is 0.625. The smallest absolute Gasteiger partial charge is 0.0591 e. The summed E-state index contributed by atoms with van der Waals surface area (Å²) >= 11 is 0. The number of hydrogen-bond acceptors (Lipinski definition) is 1. The van der Waals surface area contributed by atoms with E-state index in [4.69, 9.17) is 0 Å². The van der Waals surface area contributed by atoms with Gasteiger partial charge < -0.3 is 5.11 Å². The van der Waals surface area contributed by atoms with E-state index in [0.29, 0.717) is 0 Å². The molecule has 1 nitrogen and oxygen atoms in total. The van der Waals surface area contributed by atoms with Crippen molar-refractivity contribution < 1.29 is 5.11 Å². The standard InChI is InChI=1S/C16H26O/c1-6-13-7-8-14(12(2)11-13)9-10-15(17)16(3,4)5/h7-8,11,15,17H,6,9-10H2,1-5H3. The Balaban J connectivity index is 2.64. The molecule has 0 aromatic heterocycles. The van der Waals surface area contributed by atoms with Gasteiger partial charge in [0.05, 0.1) is 6.10 Å². The molecule has 0 amide bonds. The first kappa shape index (κ1) is 14.2. The normalized spacial score (nSPS) is 13.8. The summed E-state index contributed by atoms with van der Waals surface area (Å²) in [5, 5.41) is 10.0. The van der Waals surface area contributed by atoms with Crippen molar-refractivity contribution >= 4 is 0 Å². The molecule has 1 aromatic carbocycles. The molecule has 0 saturated carbocycles. The molecule has 0 aliphatic heterocycles. The highest BCUT2D eigenvalue weighted by Gasteiger charge is 2.21. The Morgan fingerprint density at radius 3 is 2.35 bits per heavy atom. The molecule has 1 unspecified atom stereocenters. The second-order valence-electron chi connectivity index (χ2n) is 6.03. The number of benzene rings is 1. The van der Waals surface area contributed by atoms with E-state index in [-0.39, 0.29) is 11.5 Å². The van der Waals surface area contributed by atoms with Crippen LogP contribution in [0, 0.1) is 12.3 Å². The van der Waals surface area contributed by atoms with E-state index >= 15 is 0 Å². The maximum Gasteiger partial charge on any atom is 0.0591 e. The fourth-order valence-corrected chi connectivity index (χ4v) is 1.98. The zero-order chi connectivity index (χ0) is 13.1. The highest BCUT2D eigenvalue weighted by atomic mass is 16.3. The average Bonchev–Trinajstić information content (AvgIpc) is 2.25. The van der Waals surface area contributed by atoms with Crippen LogP contribution < -0.4 is 0 Å². The lowest BCUT2D eigenvalue weighted by Gasteiger charge is -2.26. The van der Waals surface area contributed by atoms with Gasteiger partial charge in [0, 0.05) is 0 Å². The van der Waals surface area contributed by atoms with Crippen molar-refractivity contribution in [1.29, 1.82) is 0 Å². The van der Waals surface area contributed by atoms with Crippen LogP contribution in [0.15, 0.2) is 18.2 Å². The van der Waals surface area contributed by atoms with Gasteiger partial charge in [-0.05, 0) is 48.3 Å². The number of hydrogen-bond donors (Lipinski definition) is 1. The van der Waals surface area contributed by atoms with E-state index in [0.717, 1.165) is 19.3 Å². The summed E-state index contributed by atoms with van der Waals surface area (Å²) < 4.78 is 0. The molecule has 1 heteroatoms. The zero-order valence-electron chi connectivity index (χ0n) is 11.9. The van der Waals surface area contributed by atoms with Gasteiger partial charge in [-0.15, -0.1) is 0 Å². The topological polar surface area (TPSA) is 20.2 Å². The molecule has 0 aliphatic carbocycles. The van der Waals surface area contributed by atoms with Crippen LogP contribution >= 0.6 is 0 Å². The van der Waals surface area contributed by atoms with Gasteiger partial charge in [0.1, 0.15) is 0 Å². The molecule has 0 aliphatic rings. The maximum absolute atomic E-state index is 10.0. The van der Waals surface area contributed by atoms with Gasteiger partial charge in [-0.3, -0.25) is 0 Å². The van der Waals surface area contributed by atoms with E-state index in [2.05, 4.69) is 52.8 Å². The molecule has 0 heterocycles. The number of aryl methyl sites for hydroxylation is 3.